The first-order valence-electron chi connectivity index (χ1n) is 6.19. The van der Waals surface area contributed by atoms with E-state index in [0.717, 1.165) is 18.5 Å². The van der Waals surface area contributed by atoms with E-state index in [1.807, 2.05) is 6.08 Å². The van der Waals surface area contributed by atoms with Gasteiger partial charge in [-0.15, -0.1) is 0 Å². The standard InChI is InChI=1S/C13H12ClN3O2/c14-13-16-10-2-1-8(7-15)11(10)12(17-13)19-9-3-5-18-6-4-9/h1,9H,2-6H2. The summed E-state index contributed by atoms with van der Waals surface area (Å²) in [6, 6.07) is 2.15. The molecule has 2 aliphatic rings. The molecule has 0 aromatic carbocycles. The van der Waals surface area contributed by atoms with Gasteiger partial charge in [0.05, 0.1) is 36.1 Å². The minimum absolute atomic E-state index is 0.0596. The molecule has 0 radical (unpaired) electrons. The van der Waals surface area contributed by atoms with Crippen LogP contribution in [0.25, 0.3) is 5.57 Å². The number of rotatable bonds is 2. The predicted molar refractivity (Wildman–Crippen MR) is 68.8 cm³/mol. The van der Waals surface area contributed by atoms with Gasteiger partial charge in [-0.3, -0.25) is 0 Å². The molecule has 98 valence electrons. The van der Waals surface area contributed by atoms with Gasteiger partial charge < -0.3 is 9.47 Å². The first kappa shape index (κ1) is 12.4. The van der Waals surface area contributed by atoms with Crippen LogP contribution in [0.2, 0.25) is 5.28 Å². The molecule has 1 aliphatic carbocycles. The summed E-state index contributed by atoms with van der Waals surface area (Å²) in [4.78, 5) is 8.29. The molecule has 3 rings (SSSR count). The van der Waals surface area contributed by atoms with Crippen molar-refractivity contribution in [1.29, 1.82) is 5.26 Å². The normalized spacial score (nSPS) is 18.6. The highest BCUT2D eigenvalue weighted by molar-refractivity contribution is 6.28. The van der Waals surface area contributed by atoms with Crippen LogP contribution < -0.4 is 4.74 Å². The molecule has 1 aliphatic heterocycles. The van der Waals surface area contributed by atoms with Crippen molar-refractivity contribution in [3.63, 3.8) is 0 Å². The van der Waals surface area contributed by atoms with Crippen molar-refractivity contribution in [2.45, 2.75) is 25.4 Å². The molecule has 2 heterocycles. The molecule has 5 nitrogen and oxygen atoms in total. The largest absolute Gasteiger partial charge is 0.474 e. The van der Waals surface area contributed by atoms with Crippen LogP contribution in [0.5, 0.6) is 5.88 Å². The van der Waals surface area contributed by atoms with Gasteiger partial charge in [0, 0.05) is 19.3 Å². The van der Waals surface area contributed by atoms with Crippen LogP contribution >= 0.6 is 11.6 Å². The number of nitriles is 1. The van der Waals surface area contributed by atoms with Gasteiger partial charge >= 0.3 is 0 Å². The fourth-order valence-electron chi connectivity index (χ4n) is 2.31. The topological polar surface area (TPSA) is 68.0 Å². The van der Waals surface area contributed by atoms with Gasteiger partial charge in [0.1, 0.15) is 6.10 Å². The van der Waals surface area contributed by atoms with Crippen molar-refractivity contribution in [1.82, 2.24) is 9.97 Å². The molecule has 0 spiro atoms. The molecule has 0 saturated carbocycles. The molecular weight excluding hydrogens is 266 g/mol. The van der Waals surface area contributed by atoms with Crippen molar-refractivity contribution >= 4 is 17.2 Å². The molecule has 0 N–H and O–H groups in total. The zero-order chi connectivity index (χ0) is 13.2. The molecule has 1 fully saturated rings. The maximum atomic E-state index is 9.13. The van der Waals surface area contributed by atoms with Crippen LogP contribution in [-0.2, 0) is 11.2 Å². The van der Waals surface area contributed by atoms with E-state index in [9.17, 15) is 0 Å². The van der Waals surface area contributed by atoms with Gasteiger partial charge in [0.2, 0.25) is 11.2 Å². The molecule has 0 bridgehead atoms. The third-order valence-electron chi connectivity index (χ3n) is 3.26. The maximum Gasteiger partial charge on any atom is 0.227 e. The number of fused-ring (bicyclic) bond motifs is 1. The second kappa shape index (κ2) is 5.16. The van der Waals surface area contributed by atoms with Crippen LogP contribution in [0.4, 0.5) is 0 Å². The smallest absolute Gasteiger partial charge is 0.227 e. The summed E-state index contributed by atoms with van der Waals surface area (Å²) in [5.41, 5.74) is 2.02. The molecule has 1 aromatic rings. The lowest BCUT2D eigenvalue weighted by molar-refractivity contribution is 0.0235. The van der Waals surface area contributed by atoms with E-state index >= 15 is 0 Å². The van der Waals surface area contributed by atoms with E-state index in [1.165, 1.54) is 0 Å². The van der Waals surface area contributed by atoms with Gasteiger partial charge in [0.15, 0.2) is 0 Å². The van der Waals surface area contributed by atoms with E-state index in [1.54, 1.807) is 0 Å². The molecule has 19 heavy (non-hydrogen) atoms. The summed E-state index contributed by atoms with van der Waals surface area (Å²) in [5, 5.41) is 9.29. The van der Waals surface area contributed by atoms with E-state index in [2.05, 4.69) is 16.0 Å². The second-order valence-corrected chi connectivity index (χ2v) is 4.82. The monoisotopic (exact) mass is 277 g/mol. The fraction of sp³-hybridized carbons (Fsp3) is 0.462. The molecule has 0 unspecified atom stereocenters. The van der Waals surface area contributed by atoms with Crippen molar-refractivity contribution in [2.24, 2.45) is 0 Å². The summed E-state index contributed by atoms with van der Waals surface area (Å²) in [5.74, 6) is 0.423. The third-order valence-corrected chi connectivity index (χ3v) is 3.43. The lowest BCUT2D eigenvalue weighted by Gasteiger charge is -2.23. The Kier molecular flexibility index (Phi) is 3.36. The lowest BCUT2D eigenvalue weighted by Crippen LogP contribution is -2.26. The Hall–Kier alpha value is -1.64. The quantitative estimate of drug-likeness (QED) is 0.775. The molecule has 6 heteroatoms. The molecular formula is C13H12ClN3O2. The SMILES string of the molecule is N#CC1=CCc2nc(Cl)nc(OC3CCOCC3)c21. The number of hydrogen-bond donors (Lipinski definition) is 0. The number of nitrogens with zero attached hydrogens (tertiary/aromatic N) is 3. The fourth-order valence-corrected chi connectivity index (χ4v) is 2.49. The van der Waals surface area contributed by atoms with Crippen molar-refractivity contribution in [2.75, 3.05) is 13.2 Å². The molecule has 0 amide bonds. The summed E-state index contributed by atoms with van der Waals surface area (Å²) in [6.45, 7) is 1.37. The van der Waals surface area contributed by atoms with Gasteiger partial charge in [0.25, 0.3) is 0 Å². The summed E-state index contributed by atoms with van der Waals surface area (Å²) < 4.78 is 11.2. The average Bonchev–Trinajstić information content (AvgIpc) is 2.82. The highest BCUT2D eigenvalue weighted by Crippen LogP contribution is 2.34. The van der Waals surface area contributed by atoms with Crippen LogP contribution in [0.15, 0.2) is 6.08 Å². The first-order chi connectivity index (χ1) is 9.28. The zero-order valence-electron chi connectivity index (χ0n) is 10.2. The molecule has 1 saturated heterocycles. The highest BCUT2D eigenvalue weighted by Gasteiger charge is 2.25. The zero-order valence-corrected chi connectivity index (χ0v) is 11.0. The average molecular weight is 278 g/mol. The first-order valence-corrected chi connectivity index (χ1v) is 6.57. The summed E-state index contributed by atoms with van der Waals surface area (Å²) in [7, 11) is 0. The maximum absolute atomic E-state index is 9.13. The van der Waals surface area contributed by atoms with Crippen LogP contribution in [-0.4, -0.2) is 29.3 Å². The van der Waals surface area contributed by atoms with Gasteiger partial charge in [-0.1, -0.05) is 6.08 Å². The third kappa shape index (κ3) is 2.42. The van der Waals surface area contributed by atoms with Crippen molar-refractivity contribution in [3.05, 3.63) is 22.6 Å². The number of halogens is 1. The number of hydrogen-bond acceptors (Lipinski definition) is 5. The van der Waals surface area contributed by atoms with E-state index in [4.69, 9.17) is 26.3 Å². The Morgan fingerprint density at radius 2 is 2.16 bits per heavy atom. The van der Waals surface area contributed by atoms with E-state index in [0.29, 0.717) is 36.7 Å². The van der Waals surface area contributed by atoms with E-state index in [-0.39, 0.29) is 11.4 Å². The highest BCUT2D eigenvalue weighted by atomic mass is 35.5. The molecule has 1 aromatic heterocycles. The predicted octanol–water partition coefficient (Wildman–Crippen LogP) is 2.15. The van der Waals surface area contributed by atoms with Crippen molar-refractivity contribution in [3.8, 4) is 11.9 Å². The number of aromatic nitrogens is 2. The molecule has 0 atom stereocenters. The second-order valence-electron chi connectivity index (χ2n) is 4.48. The van der Waals surface area contributed by atoms with Gasteiger partial charge in [-0.25, -0.2) is 4.98 Å². The number of allylic oxidation sites excluding steroid dienone is 2. The van der Waals surface area contributed by atoms with Crippen LogP contribution in [0.1, 0.15) is 24.1 Å². The number of ether oxygens (including phenoxy) is 2. The Morgan fingerprint density at radius 3 is 2.89 bits per heavy atom. The minimum atomic E-state index is 0.0596. The Balaban J connectivity index is 1.92. The van der Waals surface area contributed by atoms with Crippen LogP contribution in [0, 0.1) is 11.3 Å². The minimum Gasteiger partial charge on any atom is -0.474 e. The Morgan fingerprint density at radius 1 is 1.37 bits per heavy atom. The summed E-state index contributed by atoms with van der Waals surface area (Å²) in [6.07, 6.45) is 4.13. The Labute approximate surface area is 115 Å². The Bertz CT molecular complexity index is 574. The lowest BCUT2D eigenvalue weighted by atomic mass is 10.1. The van der Waals surface area contributed by atoms with Gasteiger partial charge in [-0.2, -0.15) is 10.2 Å². The van der Waals surface area contributed by atoms with Crippen LogP contribution in [0.3, 0.4) is 0 Å². The van der Waals surface area contributed by atoms with Crippen molar-refractivity contribution < 1.29 is 9.47 Å². The van der Waals surface area contributed by atoms with E-state index < -0.39 is 0 Å². The summed E-state index contributed by atoms with van der Waals surface area (Å²) >= 11 is 5.90. The van der Waals surface area contributed by atoms with Gasteiger partial charge in [-0.05, 0) is 11.6 Å².